The van der Waals surface area contributed by atoms with Gasteiger partial charge in [-0.15, -0.1) is 5.10 Å². The molecule has 0 saturated carbocycles. The number of aromatic nitrogens is 6. The predicted molar refractivity (Wildman–Crippen MR) is 170 cm³/mol. The SMILES string of the molecule is COc1cc(-c2ccc3c(c2)c2c(nnn2-c2ccc(N4CCNCC4)c(C(F)(F)F)c2)c(=O)n3CCn2cccc2)cnc1C. The minimum absolute atomic E-state index is 0.0662. The summed E-state index contributed by atoms with van der Waals surface area (Å²) in [4.78, 5) is 20.1. The standard InChI is InChI=1S/C33H31F3N8O2/c1-21-29(46-2)18-23(20-38-21)22-5-7-27-25(17-22)31-30(32(45)43(27)16-15-41-11-3-4-12-41)39-40-44(31)24-6-8-28(26(19-24)33(34,35)36)42-13-9-37-10-14-42/h3-8,11-12,17-20,37H,9-10,13-16H2,1-2H3. The zero-order valence-electron chi connectivity index (χ0n) is 25.3. The molecule has 0 atom stereocenters. The highest BCUT2D eigenvalue weighted by Gasteiger charge is 2.36. The lowest BCUT2D eigenvalue weighted by atomic mass is 10.0. The molecule has 13 heteroatoms. The summed E-state index contributed by atoms with van der Waals surface area (Å²) in [7, 11) is 1.58. The van der Waals surface area contributed by atoms with Gasteiger partial charge in [-0.3, -0.25) is 9.78 Å². The van der Waals surface area contributed by atoms with E-state index in [1.165, 1.54) is 10.7 Å². The number of piperazine rings is 1. The maximum absolute atomic E-state index is 14.5. The van der Waals surface area contributed by atoms with Crippen LogP contribution in [0.3, 0.4) is 0 Å². The number of benzene rings is 2. The first-order valence-electron chi connectivity index (χ1n) is 14.9. The second kappa shape index (κ2) is 11.6. The van der Waals surface area contributed by atoms with Gasteiger partial charge in [-0.2, -0.15) is 13.2 Å². The predicted octanol–water partition coefficient (Wildman–Crippen LogP) is 5.04. The summed E-state index contributed by atoms with van der Waals surface area (Å²) < 4.78 is 53.9. The first-order valence-corrected chi connectivity index (χ1v) is 14.9. The molecule has 4 aromatic heterocycles. The van der Waals surface area contributed by atoms with Crippen LogP contribution in [0.2, 0.25) is 0 Å². The Labute approximate surface area is 261 Å². The van der Waals surface area contributed by atoms with Gasteiger partial charge in [-0.05, 0) is 61.0 Å². The third-order valence-corrected chi connectivity index (χ3v) is 8.49. The normalized spacial score (nSPS) is 14.0. The number of aryl methyl sites for hydroxylation is 3. The topological polar surface area (TPSA) is 95.0 Å². The Balaban J connectivity index is 1.44. The third kappa shape index (κ3) is 5.26. The molecule has 1 aliphatic rings. The molecular formula is C33H31F3N8O2. The summed E-state index contributed by atoms with van der Waals surface area (Å²) in [6.45, 7) is 4.85. The van der Waals surface area contributed by atoms with Crippen molar-refractivity contribution in [1.29, 1.82) is 0 Å². The van der Waals surface area contributed by atoms with Gasteiger partial charge in [0.2, 0.25) is 0 Å². The van der Waals surface area contributed by atoms with Gasteiger partial charge in [0.25, 0.3) is 5.56 Å². The monoisotopic (exact) mass is 628 g/mol. The van der Waals surface area contributed by atoms with Crippen molar-refractivity contribution in [2.24, 2.45) is 0 Å². The van der Waals surface area contributed by atoms with Crippen LogP contribution in [0.1, 0.15) is 11.3 Å². The van der Waals surface area contributed by atoms with Crippen molar-refractivity contribution < 1.29 is 17.9 Å². The Hall–Kier alpha value is -5.17. The maximum atomic E-state index is 14.5. The van der Waals surface area contributed by atoms with E-state index in [4.69, 9.17) is 4.74 Å². The van der Waals surface area contributed by atoms with Crippen LogP contribution in [0.5, 0.6) is 5.75 Å². The molecular weight excluding hydrogens is 597 g/mol. The molecule has 5 heterocycles. The zero-order valence-corrected chi connectivity index (χ0v) is 25.3. The molecule has 0 aliphatic carbocycles. The van der Waals surface area contributed by atoms with Crippen LogP contribution < -0.4 is 20.5 Å². The average Bonchev–Trinajstić information content (AvgIpc) is 3.76. The molecule has 236 valence electrons. The van der Waals surface area contributed by atoms with E-state index in [1.807, 2.05) is 60.3 Å². The van der Waals surface area contributed by atoms with Gasteiger partial charge in [0.15, 0.2) is 5.52 Å². The van der Waals surface area contributed by atoms with Crippen LogP contribution in [-0.4, -0.2) is 62.4 Å². The van der Waals surface area contributed by atoms with E-state index in [1.54, 1.807) is 28.8 Å². The highest BCUT2D eigenvalue weighted by Crippen LogP contribution is 2.39. The largest absolute Gasteiger partial charge is 0.495 e. The number of methoxy groups -OCH3 is 1. The second-order valence-corrected chi connectivity index (χ2v) is 11.3. The summed E-state index contributed by atoms with van der Waals surface area (Å²) >= 11 is 0. The lowest BCUT2D eigenvalue weighted by Crippen LogP contribution is -2.44. The highest BCUT2D eigenvalue weighted by molar-refractivity contribution is 6.04. The quantitative estimate of drug-likeness (QED) is 0.265. The number of ether oxygens (including phenoxy) is 1. The Morgan fingerprint density at radius 1 is 0.978 bits per heavy atom. The Morgan fingerprint density at radius 2 is 1.76 bits per heavy atom. The van der Waals surface area contributed by atoms with Crippen molar-refractivity contribution >= 4 is 27.6 Å². The number of anilines is 1. The highest BCUT2D eigenvalue weighted by atomic mass is 19.4. The van der Waals surface area contributed by atoms with E-state index in [2.05, 4.69) is 20.6 Å². The molecule has 0 radical (unpaired) electrons. The van der Waals surface area contributed by atoms with Gasteiger partial charge in [0.1, 0.15) is 11.3 Å². The van der Waals surface area contributed by atoms with Crippen molar-refractivity contribution in [3.05, 3.63) is 94.8 Å². The van der Waals surface area contributed by atoms with Crippen molar-refractivity contribution in [2.45, 2.75) is 26.2 Å². The lowest BCUT2D eigenvalue weighted by Gasteiger charge is -2.31. The van der Waals surface area contributed by atoms with Crippen LogP contribution in [0.15, 0.2) is 78.0 Å². The average molecular weight is 629 g/mol. The fraction of sp³-hybridized carbons (Fsp3) is 0.273. The van der Waals surface area contributed by atoms with E-state index in [-0.39, 0.29) is 22.5 Å². The molecule has 1 saturated heterocycles. The molecule has 1 N–H and O–H groups in total. The number of rotatable bonds is 7. The number of halogens is 3. The van der Waals surface area contributed by atoms with E-state index < -0.39 is 11.7 Å². The van der Waals surface area contributed by atoms with Crippen LogP contribution in [0.25, 0.3) is 38.8 Å². The molecule has 10 nitrogen and oxygen atoms in total. The van der Waals surface area contributed by atoms with E-state index >= 15 is 0 Å². The van der Waals surface area contributed by atoms with Crippen LogP contribution in [0.4, 0.5) is 18.9 Å². The van der Waals surface area contributed by atoms with Gasteiger partial charge >= 0.3 is 6.18 Å². The van der Waals surface area contributed by atoms with E-state index in [0.717, 1.165) is 22.9 Å². The molecule has 1 fully saturated rings. The van der Waals surface area contributed by atoms with Gasteiger partial charge in [-0.25, -0.2) is 4.68 Å². The minimum atomic E-state index is -4.61. The summed E-state index contributed by atoms with van der Waals surface area (Å²) in [6.07, 6.45) is 0.962. The summed E-state index contributed by atoms with van der Waals surface area (Å²) in [5.41, 5.74) is 2.43. The number of fused-ring (bicyclic) bond motifs is 3. The van der Waals surface area contributed by atoms with Crippen molar-refractivity contribution in [2.75, 3.05) is 38.2 Å². The Kier molecular flexibility index (Phi) is 7.47. The molecule has 0 spiro atoms. The zero-order chi connectivity index (χ0) is 32.0. The first kappa shape index (κ1) is 29.5. The van der Waals surface area contributed by atoms with Gasteiger partial charge in [0, 0.05) is 74.5 Å². The summed E-state index contributed by atoms with van der Waals surface area (Å²) in [5.74, 6) is 0.621. The third-order valence-electron chi connectivity index (χ3n) is 8.49. The van der Waals surface area contributed by atoms with E-state index in [0.29, 0.717) is 61.4 Å². The molecule has 1 aliphatic heterocycles. The number of hydrogen-bond acceptors (Lipinski definition) is 7. The Morgan fingerprint density at radius 3 is 2.50 bits per heavy atom. The second-order valence-electron chi connectivity index (χ2n) is 11.3. The summed E-state index contributed by atoms with van der Waals surface area (Å²) in [5, 5.41) is 12.3. The molecule has 0 unspecified atom stereocenters. The molecule has 0 amide bonds. The fourth-order valence-electron chi connectivity index (χ4n) is 6.12. The molecule has 0 bridgehead atoms. The van der Waals surface area contributed by atoms with Gasteiger partial charge < -0.3 is 24.1 Å². The van der Waals surface area contributed by atoms with Gasteiger partial charge in [-0.1, -0.05) is 11.3 Å². The van der Waals surface area contributed by atoms with Crippen molar-refractivity contribution in [3.8, 4) is 22.6 Å². The molecule has 46 heavy (non-hydrogen) atoms. The fourth-order valence-corrected chi connectivity index (χ4v) is 6.12. The Bertz CT molecular complexity index is 2110. The molecule has 2 aromatic carbocycles. The van der Waals surface area contributed by atoms with Crippen molar-refractivity contribution in [1.82, 2.24) is 34.4 Å². The summed E-state index contributed by atoms with van der Waals surface area (Å²) in [6, 6.07) is 15.5. The number of alkyl halides is 3. The number of pyridine rings is 2. The molecule has 6 aromatic rings. The van der Waals surface area contributed by atoms with Crippen LogP contribution in [-0.2, 0) is 19.3 Å². The van der Waals surface area contributed by atoms with Crippen LogP contribution >= 0.6 is 0 Å². The van der Waals surface area contributed by atoms with Crippen molar-refractivity contribution in [3.63, 3.8) is 0 Å². The first-order chi connectivity index (χ1) is 22.2. The smallest absolute Gasteiger partial charge is 0.418 e. The number of nitrogens with one attached hydrogen (secondary N) is 1. The number of nitrogens with zero attached hydrogens (tertiary/aromatic N) is 7. The van der Waals surface area contributed by atoms with Crippen LogP contribution in [0, 0.1) is 6.92 Å². The number of hydrogen-bond donors (Lipinski definition) is 1. The minimum Gasteiger partial charge on any atom is -0.495 e. The van der Waals surface area contributed by atoms with Gasteiger partial charge in [0.05, 0.1) is 29.6 Å². The van der Waals surface area contributed by atoms with E-state index in [9.17, 15) is 18.0 Å². The maximum Gasteiger partial charge on any atom is 0.418 e. The lowest BCUT2D eigenvalue weighted by molar-refractivity contribution is -0.137. The molecule has 7 rings (SSSR count).